The second-order valence-corrected chi connectivity index (χ2v) is 19.2. The summed E-state index contributed by atoms with van der Waals surface area (Å²) in [5, 5.41) is 0. The van der Waals surface area contributed by atoms with Gasteiger partial charge >= 0.3 is 0 Å². The lowest BCUT2D eigenvalue weighted by Crippen LogP contribution is -2.14. The Morgan fingerprint density at radius 1 is 0.343 bits per heavy atom. The molecule has 212 valence electrons. The number of rotatable bonds is 30. The van der Waals surface area contributed by atoms with E-state index in [2.05, 4.69) is 13.1 Å². The van der Waals surface area contributed by atoms with E-state index in [9.17, 15) is 0 Å². The van der Waals surface area contributed by atoms with Crippen LogP contribution in [0.25, 0.3) is 0 Å². The molecule has 0 aromatic carbocycles. The summed E-state index contributed by atoms with van der Waals surface area (Å²) in [6.45, 7) is 5.42. The molecule has 0 aliphatic rings. The van der Waals surface area contributed by atoms with Gasteiger partial charge in [0, 0.05) is 0 Å². The van der Waals surface area contributed by atoms with Gasteiger partial charge in [0.15, 0.2) is 0 Å². The molecule has 0 aliphatic heterocycles. The van der Waals surface area contributed by atoms with Crippen molar-refractivity contribution in [3.8, 4) is 0 Å². The highest BCUT2D eigenvalue weighted by Gasteiger charge is 2.15. The summed E-state index contributed by atoms with van der Waals surface area (Å²) in [5.74, 6) is 0. The highest BCUT2D eigenvalue weighted by Crippen LogP contribution is 2.20. The van der Waals surface area contributed by atoms with Crippen molar-refractivity contribution in [1.82, 2.24) is 0 Å². The summed E-state index contributed by atoms with van der Waals surface area (Å²) in [5.41, 5.74) is 5.54. The minimum atomic E-state index is -1.31. The Bertz CT molecular complexity index is 382. The molecule has 0 saturated carbocycles. The fourth-order valence-electron chi connectivity index (χ4n) is 5.29. The highest BCUT2D eigenvalue weighted by molar-refractivity contribution is 7.19. The second kappa shape index (κ2) is 29.0. The molecule has 35 heavy (non-hydrogen) atoms. The zero-order valence-electron chi connectivity index (χ0n) is 24.7. The zero-order chi connectivity index (χ0) is 25.7. The summed E-state index contributed by atoms with van der Waals surface area (Å²) >= 11 is 6.39. The quantitative estimate of drug-likeness (QED) is 0.0558. The molecule has 0 spiro atoms. The van der Waals surface area contributed by atoms with Crippen LogP contribution in [0.15, 0.2) is 0 Å². The predicted molar refractivity (Wildman–Crippen MR) is 166 cm³/mol. The van der Waals surface area contributed by atoms with Crippen LogP contribution in [0.4, 0.5) is 0 Å². The minimum absolute atomic E-state index is 0.872. The van der Waals surface area contributed by atoms with E-state index in [1.807, 2.05) is 0 Å². The van der Waals surface area contributed by atoms with Gasteiger partial charge in [0.2, 0.25) is 0 Å². The van der Waals surface area contributed by atoms with Gasteiger partial charge in [0.1, 0.15) is 7.38 Å². The summed E-state index contributed by atoms with van der Waals surface area (Å²) in [6, 6.07) is 1.30. The number of nitrogens with two attached hydrogens (primary N) is 1. The molecule has 0 saturated heterocycles. The van der Waals surface area contributed by atoms with Crippen molar-refractivity contribution in [2.24, 2.45) is 5.73 Å². The Labute approximate surface area is 229 Å². The van der Waals surface area contributed by atoms with Crippen LogP contribution < -0.4 is 5.73 Å². The number of unbranched alkanes of at least 4 members (excludes halogenated alkanes) is 27. The first-order valence-electron chi connectivity index (χ1n) is 16.5. The molecule has 0 bridgehead atoms. The van der Waals surface area contributed by atoms with E-state index in [4.69, 9.17) is 16.8 Å². The van der Waals surface area contributed by atoms with E-state index in [0.717, 1.165) is 6.54 Å². The van der Waals surface area contributed by atoms with E-state index in [0.29, 0.717) is 0 Å². The Balaban J connectivity index is 3.03. The summed E-state index contributed by atoms with van der Waals surface area (Å²) in [6.07, 6.45) is 40.5. The molecule has 2 N–H and O–H groups in total. The van der Waals surface area contributed by atoms with Gasteiger partial charge in [-0.05, 0) is 19.0 Å². The lowest BCUT2D eigenvalue weighted by molar-refractivity contribution is 0.514. The Kier molecular flexibility index (Phi) is 29.4. The maximum Gasteiger partial charge on any atom is 0.150 e. The molecule has 1 nitrogen and oxygen atoms in total. The van der Waals surface area contributed by atoms with Gasteiger partial charge in [-0.2, -0.15) is 11.1 Å². The van der Waals surface area contributed by atoms with Crippen molar-refractivity contribution in [3.63, 3.8) is 0 Å². The first kappa shape index (κ1) is 35.5. The molecule has 0 aromatic rings. The van der Waals surface area contributed by atoms with Crippen LogP contribution in [0.5, 0.6) is 0 Å². The van der Waals surface area contributed by atoms with Crippen LogP contribution in [0.2, 0.25) is 19.1 Å². The fraction of sp³-hybridized carbons (Fsp3) is 1.00. The van der Waals surface area contributed by atoms with Crippen LogP contribution in [-0.4, -0.2) is 13.9 Å². The maximum atomic E-state index is 6.39. The molecule has 0 aliphatic carbocycles. The Hall–Kier alpha value is 0.467. The summed E-state index contributed by atoms with van der Waals surface area (Å²) in [4.78, 5) is 0. The summed E-state index contributed by atoms with van der Waals surface area (Å²) in [7, 11) is -1.31. The zero-order valence-corrected chi connectivity index (χ0v) is 26.4. The van der Waals surface area contributed by atoms with Gasteiger partial charge in [0.25, 0.3) is 0 Å². The van der Waals surface area contributed by atoms with Gasteiger partial charge in [-0.15, -0.1) is 0 Å². The van der Waals surface area contributed by atoms with Gasteiger partial charge in [-0.25, -0.2) is 0 Å². The maximum absolute atomic E-state index is 6.39. The van der Waals surface area contributed by atoms with Crippen LogP contribution >= 0.6 is 11.1 Å². The largest absolute Gasteiger partial charge is 0.330 e. The number of hydrogen-bond acceptors (Lipinski definition) is 1. The second-order valence-electron chi connectivity index (χ2n) is 12.2. The van der Waals surface area contributed by atoms with Crippen molar-refractivity contribution in [3.05, 3.63) is 0 Å². The molecule has 0 aromatic heterocycles. The average Bonchev–Trinajstić information content (AvgIpc) is 2.82. The number of hydrogen-bond donors (Lipinski definition) is 1. The van der Waals surface area contributed by atoms with E-state index >= 15 is 0 Å². The molecule has 3 heteroatoms. The van der Waals surface area contributed by atoms with Crippen LogP contribution in [0.3, 0.4) is 0 Å². The first-order chi connectivity index (χ1) is 17.1. The standard InChI is InChI=1S/C32H68ClNSi/c1-35(2,33)32-30-28-26-24-22-20-18-16-14-12-10-8-6-4-3-5-7-9-11-13-15-17-19-21-23-25-27-29-31-34/h3-32,34H2,1-2H3. The van der Waals surface area contributed by atoms with Gasteiger partial charge < -0.3 is 5.73 Å². The van der Waals surface area contributed by atoms with E-state index < -0.39 is 7.38 Å². The SMILES string of the molecule is C[Si](C)(Cl)CCCCCCCCCCCCCCCCCCCCCCCCCCCCCCN. The normalized spacial score (nSPS) is 12.0. The van der Waals surface area contributed by atoms with Crippen LogP contribution in [0.1, 0.15) is 180 Å². The Morgan fingerprint density at radius 3 is 0.686 bits per heavy atom. The Morgan fingerprint density at radius 2 is 0.514 bits per heavy atom. The molecule has 0 unspecified atom stereocenters. The van der Waals surface area contributed by atoms with Crippen molar-refractivity contribution in [2.45, 2.75) is 199 Å². The lowest BCUT2D eigenvalue weighted by atomic mass is 10.0. The van der Waals surface area contributed by atoms with E-state index in [-0.39, 0.29) is 0 Å². The fourth-order valence-corrected chi connectivity index (χ4v) is 6.78. The molecule has 0 heterocycles. The molecule has 0 radical (unpaired) electrons. The molecule has 0 rings (SSSR count). The smallest absolute Gasteiger partial charge is 0.150 e. The lowest BCUT2D eigenvalue weighted by Gasteiger charge is -2.11. The summed E-state index contributed by atoms with van der Waals surface area (Å²) < 4.78 is 0. The van der Waals surface area contributed by atoms with Gasteiger partial charge in [0.05, 0.1) is 0 Å². The average molecular weight is 530 g/mol. The van der Waals surface area contributed by atoms with Crippen molar-refractivity contribution < 1.29 is 0 Å². The third-order valence-electron chi connectivity index (χ3n) is 7.73. The third-order valence-corrected chi connectivity index (χ3v) is 9.83. The van der Waals surface area contributed by atoms with Crippen LogP contribution in [-0.2, 0) is 0 Å². The van der Waals surface area contributed by atoms with Gasteiger partial charge in [-0.1, -0.05) is 186 Å². The minimum Gasteiger partial charge on any atom is -0.330 e. The number of halogens is 1. The molecule has 0 fully saturated rings. The van der Waals surface area contributed by atoms with Crippen molar-refractivity contribution in [2.75, 3.05) is 6.54 Å². The molecule has 0 atom stereocenters. The highest BCUT2D eigenvalue weighted by atomic mass is 35.6. The predicted octanol–water partition coefficient (Wildman–Crippen LogP) is 12.3. The van der Waals surface area contributed by atoms with E-state index in [1.165, 1.54) is 186 Å². The van der Waals surface area contributed by atoms with Crippen molar-refractivity contribution in [1.29, 1.82) is 0 Å². The topological polar surface area (TPSA) is 26.0 Å². The molecular formula is C32H68ClNSi. The monoisotopic (exact) mass is 529 g/mol. The van der Waals surface area contributed by atoms with Crippen LogP contribution in [0, 0.1) is 0 Å². The molecular weight excluding hydrogens is 462 g/mol. The molecule has 0 amide bonds. The van der Waals surface area contributed by atoms with Crippen molar-refractivity contribution >= 4 is 18.5 Å². The van der Waals surface area contributed by atoms with E-state index in [1.54, 1.807) is 0 Å². The first-order valence-corrected chi connectivity index (χ1v) is 20.7. The third kappa shape index (κ3) is 34.5. The van der Waals surface area contributed by atoms with Gasteiger partial charge in [-0.3, -0.25) is 0 Å².